The molecule has 6 nitrogen and oxygen atoms in total. The number of benzene rings is 1. The number of nitrogens with zero attached hydrogens (tertiary/aromatic N) is 2. The summed E-state index contributed by atoms with van der Waals surface area (Å²) < 4.78 is 11.0. The summed E-state index contributed by atoms with van der Waals surface area (Å²) in [5.74, 6) is 1.75. The number of ether oxygens (including phenoxy) is 2. The summed E-state index contributed by atoms with van der Waals surface area (Å²) in [5, 5.41) is 7.05. The molecule has 0 aromatic heterocycles. The quantitative estimate of drug-likeness (QED) is 0.289. The van der Waals surface area contributed by atoms with Crippen LogP contribution in [0.25, 0.3) is 0 Å². The van der Waals surface area contributed by atoms with Crippen molar-refractivity contribution in [2.24, 2.45) is 4.99 Å². The predicted molar refractivity (Wildman–Crippen MR) is 136 cm³/mol. The van der Waals surface area contributed by atoms with Crippen LogP contribution in [0.4, 0.5) is 0 Å². The van der Waals surface area contributed by atoms with Crippen molar-refractivity contribution >= 4 is 29.9 Å². The molecule has 1 fully saturated rings. The van der Waals surface area contributed by atoms with Crippen molar-refractivity contribution in [3.05, 3.63) is 29.8 Å². The maximum absolute atomic E-state index is 5.66. The van der Waals surface area contributed by atoms with Gasteiger partial charge in [0.25, 0.3) is 0 Å². The molecule has 1 aliphatic heterocycles. The van der Waals surface area contributed by atoms with E-state index in [4.69, 9.17) is 9.47 Å². The Bertz CT molecular complexity index is 621. The number of nitrogens with one attached hydrogen (secondary N) is 2. The van der Waals surface area contributed by atoms with Crippen LogP contribution in [-0.2, 0) is 10.2 Å². The van der Waals surface area contributed by atoms with Crippen LogP contribution in [0, 0.1) is 0 Å². The maximum Gasteiger partial charge on any atom is 0.191 e. The van der Waals surface area contributed by atoms with Gasteiger partial charge in [0.2, 0.25) is 0 Å². The molecule has 30 heavy (non-hydrogen) atoms. The molecule has 1 saturated heterocycles. The lowest BCUT2D eigenvalue weighted by Gasteiger charge is -2.38. The second-order valence-corrected chi connectivity index (χ2v) is 8.40. The smallest absolute Gasteiger partial charge is 0.191 e. The molecule has 0 amide bonds. The number of hydrogen-bond donors (Lipinski definition) is 2. The second-order valence-electron chi connectivity index (χ2n) is 8.40. The fourth-order valence-electron chi connectivity index (χ4n) is 4.16. The first-order valence-corrected chi connectivity index (χ1v) is 10.8. The van der Waals surface area contributed by atoms with E-state index in [0.717, 1.165) is 57.4 Å². The molecule has 0 aliphatic carbocycles. The van der Waals surface area contributed by atoms with Crippen molar-refractivity contribution < 1.29 is 9.47 Å². The highest BCUT2D eigenvalue weighted by molar-refractivity contribution is 14.0. The zero-order valence-corrected chi connectivity index (χ0v) is 21.9. The van der Waals surface area contributed by atoms with Crippen LogP contribution in [0.5, 0.6) is 5.75 Å². The summed E-state index contributed by atoms with van der Waals surface area (Å²) in [6.45, 7) is 13.3. The normalized spacial score (nSPS) is 16.5. The minimum Gasteiger partial charge on any atom is -0.497 e. The van der Waals surface area contributed by atoms with E-state index >= 15 is 0 Å². The van der Waals surface area contributed by atoms with E-state index in [1.807, 2.05) is 19.2 Å². The van der Waals surface area contributed by atoms with Gasteiger partial charge in [0.05, 0.1) is 7.11 Å². The highest BCUT2D eigenvalue weighted by Crippen LogP contribution is 2.35. The van der Waals surface area contributed by atoms with Gasteiger partial charge in [-0.05, 0) is 58.2 Å². The Morgan fingerprint density at radius 1 is 1.10 bits per heavy atom. The highest BCUT2D eigenvalue weighted by atomic mass is 127. The fraction of sp³-hybridized carbons (Fsp3) is 0.696. The van der Waals surface area contributed by atoms with Gasteiger partial charge in [-0.25, -0.2) is 0 Å². The van der Waals surface area contributed by atoms with Gasteiger partial charge in [0.1, 0.15) is 5.75 Å². The standard InChI is InChI=1S/C23H40N4O2.HI/c1-18(2)27(19(3)4)14-13-25-22(24-5)26-17-23(11-15-29-16-12-23)20-7-9-21(28-6)10-8-20;/h7-10,18-19H,11-17H2,1-6H3,(H2,24,25,26);1H. The molecule has 1 heterocycles. The van der Waals surface area contributed by atoms with Crippen molar-refractivity contribution in [1.29, 1.82) is 0 Å². The van der Waals surface area contributed by atoms with Crippen LogP contribution in [0.1, 0.15) is 46.1 Å². The number of methoxy groups -OCH3 is 1. The molecule has 1 aromatic rings. The van der Waals surface area contributed by atoms with Gasteiger partial charge in [0, 0.05) is 57.4 Å². The van der Waals surface area contributed by atoms with Crippen molar-refractivity contribution in [3.8, 4) is 5.75 Å². The number of halogens is 1. The Morgan fingerprint density at radius 2 is 1.70 bits per heavy atom. The van der Waals surface area contributed by atoms with Crippen molar-refractivity contribution in [3.63, 3.8) is 0 Å². The number of rotatable bonds is 9. The van der Waals surface area contributed by atoms with E-state index in [2.05, 4.69) is 60.4 Å². The van der Waals surface area contributed by atoms with E-state index in [1.54, 1.807) is 7.11 Å². The lowest BCUT2D eigenvalue weighted by Crippen LogP contribution is -2.49. The Balaban J connectivity index is 0.00000450. The molecule has 0 bridgehead atoms. The Morgan fingerprint density at radius 3 is 2.20 bits per heavy atom. The van der Waals surface area contributed by atoms with Crippen molar-refractivity contribution in [1.82, 2.24) is 15.5 Å². The topological polar surface area (TPSA) is 58.1 Å². The minimum absolute atomic E-state index is 0. The molecule has 0 spiro atoms. The first-order valence-electron chi connectivity index (χ1n) is 10.8. The molecule has 0 radical (unpaired) electrons. The molecule has 7 heteroatoms. The van der Waals surface area contributed by atoms with Crippen LogP contribution in [-0.4, -0.2) is 69.9 Å². The first kappa shape index (κ1) is 27.0. The first-order chi connectivity index (χ1) is 13.9. The summed E-state index contributed by atoms with van der Waals surface area (Å²) in [4.78, 5) is 6.92. The van der Waals surface area contributed by atoms with Gasteiger partial charge in [-0.15, -0.1) is 24.0 Å². The van der Waals surface area contributed by atoms with Gasteiger partial charge >= 0.3 is 0 Å². The Labute approximate surface area is 200 Å². The van der Waals surface area contributed by atoms with E-state index in [0.29, 0.717) is 12.1 Å². The van der Waals surface area contributed by atoms with E-state index in [-0.39, 0.29) is 29.4 Å². The second kappa shape index (κ2) is 13.4. The summed E-state index contributed by atoms with van der Waals surface area (Å²) in [6.07, 6.45) is 2.00. The van der Waals surface area contributed by atoms with E-state index in [1.165, 1.54) is 5.56 Å². The van der Waals surface area contributed by atoms with Crippen LogP contribution >= 0.6 is 24.0 Å². The molecule has 172 valence electrons. The largest absolute Gasteiger partial charge is 0.497 e. The summed E-state index contributed by atoms with van der Waals surface area (Å²) in [5.41, 5.74) is 1.37. The zero-order valence-electron chi connectivity index (χ0n) is 19.5. The molecule has 0 unspecified atom stereocenters. The molecular weight excluding hydrogens is 491 g/mol. The van der Waals surface area contributed by atoms with Crippen LogP contribution in [0.3, 0.4) is 0 Å². The lowest BCUT2D eigenvalue weighted by molar-refractivity contribution is 0.0513. The van der Waals surface area contributed by atoms with E-state index in [9.17, 15) is 0 Å². The van der Waals surface area contributed by atoms with Gasteiger partial charge < -0.3 is 20.1 Å². The van der Waals surface area contributed by atoms with Gasteiger partial charge in [-0.2, -0.15) is 0 Å². The van der Waals surface area contributed by atoms with Crippen LogP contribution in [0.15, 0.2) is 29.3 Å². The molecule has 1 aliphatic rings. The average molecular weight is 533 g/mol. The van der Waals surface area contributed by atoms with Gasteiger partial charge in [-0.1, -0.05) is 12.1 Å². The summed E-state index contributed by atoms with van der Waals surface area (Å²) in [6, 6.07) is 9.54. The third-order valence-corrected chi connectivity index (χ3v) is 5.96. The van der Waals surface area contributed by atoms with Gasteiger partial charge in [0.15, 0.2) is 5.96 Å². The minimum atomic E-state index is 0. The average Bonchev–Trinajstić information content (AvgIpc) is 2.73. The molecule has 1 aromatic carbocycles. The Kier molecular flexibility index (Phi) is 12.0. The lowest BCUT2D eigenvalue weighted by atomic mass is 9.74. The number of hydrogen-bond acceptors (Lipinski definition) is 4. The van der Waals surface area contributed by atoms with E-state index < -0.39 is 0 Å². The molecular formula is C23H41IN4O2. The zero-order chi connectivity index (χ0) is 21.3. The van der Waals surface area contributed by atoms with Crippen LogP contribution in [0.2, 0.25) is 0 Å². The molecule has 2 N–H and O–H groups in total. The predicted octanol–water partition coefficient (Wildman–Crippen LogP) is 3.65. The number of guanidine groups is 1. The third-order valence-electron chi connectivity index (χ3n) is 5.96. The molecule has 0 atom stereocenters. The highest BCUT2D eigenvalue weighted by Gasteiger charge is 2.34. The SMILES string of the molecule is CN=C(NCCN(C(C)C)C(C)C)NCC1(c2ccc(OC)cc2)CCOCC1.I. The van der Waals surface area contributed by atoms with Gasteiger partial charge in [-0.3, -0.25) is 9.89 Å². The Hall–Kier alpha value is -1.06. The maximum atomic E-state index is 5.66. The fourth-order valence-corrected chi connectivity index (χ4v) is 4.16. The molecule has 0 saturated carbocycles. The number of aliphatic imine (C=N–C) groups is 1. The summed E-state index contributed by atoms with van der Waals surface area (Å²) >= 11 is 0. The monoisotopic (exact) mass is 532 g/mol. The van der Waals surface area contributed by atoms with Crippen molar-refractivity contribution in [2.45, 2.75) is 58.0 Å². The summed E-state index contributed by atoms with van der Waals surface area (Å²) in [7, 11) is 3.54. The third kappa shape index (κ3) is 7.57. The molecule has 2 rings (SSSR count). The van der Waals surface area contributed by atoms with Crippen molar-refractivity contribution in [2.75, 3.05) is 47.0 Å². The van der Waals surface area contributed by atoms with Crippen LogP contribution < -0.4 is 15.4 Å².